The predicted octanol–water partition coefficient (Wildman–Crippen LogP) is 5.65. The summed E-state index contributed by atoms with van der Waals surface area (Å²) in [6.45, 7) is 4.12. The molecule has 0 spiro atoms. The fraction of sp³-hybridized carbons (Fsp3) is 0.343. The summed E-state index contributed by atoms with van der Waals surface area (Å²) in [5.74, 6) is -4.15. The fourth-order valence-electron chi connectivity index (χ4n) is 6.25. The molecule has 6 rings (SSSR count). The highest BCUT2D eigenvalue weighted by atomic mass is 19.4. The van der Waals surface area contributed by atoms with E-state index in [1.807, 2.05) is 0 Å². The molecule has 1 aliphatic rings. The summed E-state index contributed by atoms with van der Waals surface area (Å²) in [6, 6.07) is 7.40. The molecular formula is C35H30F7N7O3. The number of carbonyl (C=O) groups is 1. The molecule has 3 N–H and O–H groups in total. The maximum absolute atomic E-state index is 15.4. The standard InChI is InChI=1S/C35H30F7N7O3/c1-17-18(2)34(38,39)31-28(17)30(35(40,41)42)47-49(31)16-27(50)44-25(13-19-11-21(36)14-22(37)12-19)29-24(7-6-23(43-29)9-10-33(3,4)52)20-5-8-26-45-46-32(51)48(26)15-20/h5-8,11-12,14-15,17-18,25,52H,13,16H2,1-4H3,(H,44,50)(H,46,51)/t17-,18+,25-/m0/s1. The van der Waals surface area contributed by atoms with Gasteiger partial charge in [0.15, 0.2) is 11.3 Å². The highest BCUT2D eigenvalue weighted by molar-refractivity contribution is 5.77. The molecule has 52 heavy (non-hydrogen) atoms. The number of halogens is 7. The molecule has 4 aromatic heterocycles. The first-order valence-corrected chi connectivity index (χ1v) is 15.9. The lowest BCUT2D eigenvalue weighted by Crippen LogP contribution is -2.35. The zero-order chi connectivity index (χ0) is 37.9. The van der Waals surface area contributed by atoms with Crippen molar-refractivity contribution in [1.82, 2.24) is 34.7 Å². The van der Waals surface area contributed by atoms with E-state index < -0.39 is 82.3 Å². The Morgan fingerprint density at radius 2 is 1.79 bits per heavy atom. The predicted molar refractivity (Wildman–Crippen MR) is 172 cm³/mol. The van der Waals surface area contributed by atoms with Crippen molar-refractivity contribution in [2.45, 2.75) is 70.3 Å². The van der Waals surface area contributed by atoms with Crippen LogP contribution >= 0.6 is 0 Å². The normalized spacial score (nSPS) is 17.5. The zero-order valence-electron chi connectivity index (χ0n) is 27.9. The molecule has 10 nitrogen and oxygen atoms in total. The maximum Gasteiger partial charge on any atom is 0.435 e. The minimum Gasteiger partial charge on any atom is -0.378 e. The number of aromatic amines is 1. The van der Waals surface area contributed by atoms with Gasteiger partial charge >= 0.3 is 11.9 Å². The van der Waals surface area contributed by atoms with Crippen molar-refractivity contribution in [3.8, 4) is 23.0 Å². The Bertz CT molecular complexity index is 2310. The summed E-state index contributed by atoms with van der Waals surface area (Å²) in [7, 11) is 0. The van der Waals surface area contributed by atoms with Crippen LogP contribution in [-0.2, 0) is 29.9 Å². The maximum atomic E-state index is 15.4. The van der Waals surface area contributed by atoms with Gasteiger partial charge in [-0.3, -0.25) is 9.48 Å². The van der Waals surface area contributed by atoms with Gasteiger partial charge in [0.1, 0.15) is 35.2 Å². The largest absolute Gasteiger partial charge is 0.435 e. The fourth-order valence-corrected chi connectivity index (χ4v) is 6.25. The number of aromatic nitrogens is 6. The molecular weight excluding hydrogens is 699 g/mol. The first-order valence-electron chi connectivity index (χ1n) is 15.9. The number of pyridine rings is 2. The number of benzene rings is 1. The molecule has 0 bridgehead atoms. The Morgan fingerprint density at radius 3 is 2.44 bits per heavy atom. The van der Waals surface area contributed by atoms with Crippen LogP contribution in [0.3, 0.4) is 0 Å². The molecule has 272 valence electrons. The molecule has 0 unspecified atom stereocenters. The van der Waals surface area contributed by atoms with E-state index in [4.69, 9.17) is 0 Å². The van der Waals surface area contributed by atoms with Crippen LogP contribution in [0.4, 0.5) is 30.7 Å². The van der Waals surface area contributed by atoms with Gasteiger partial charge in [-0.25, -0.2) is 28.1 Å². The third-order valence-electron chi connectivity index (χ3n) is 8.82. The van der Waals surface area contributed by atoms with Crippen molar-refractivity contribution in [1.29, 1.82) is 0 Å². The van der Waals surface area contributed by atoms with Gasteiger partial charge in [0.05, 0.1) is 11.7 Å². The lowest BCUT2D eigenvalue weighted by Gasteiger charge is -2.23. The summed E-state index contributed by atoms with van der Waals surface area (Å²) >= 11 is 0. The molecule has 0 saturated heterocycles. The van der Waals surface area contributed by atoms with Gasteiger partial charge in [0.2, 0.25) is 5.91 Å². The Kier molecular flexibility index (Phi) is 9.02. The second-order valence-corrected chi connectivity index (χ2v) is 13.2. The summed E-state index contributed by atoms with van der Waals surface area (Å²) < 4.78 is 103. The first-order chi connectivity index (χ1) is 24.2. The van der Waals surface area contributed by atoms with Crippen molar-refractivity contribution in [3.05, 3.63) is 105 Å². The number of alkyl halides is 5. The van der Waals surface area contributed by atoms with Crippen LogP contribution in [0.2, 0.25) is 0 Å². The van der Waals surface area contributed by atoms with Crippen LogP contribution in [0.1, 0.15) is 73.6 Å². The molecule has 17 heteroatoms. The van der Waals surface area contributed by atoms with E-state index in [1.54, 1.807) is 6.07 Å². The number of carbonyl (C=O) groups excluding carboxylic acids is 1. The van der Waals surface area contributed by atoms with Crippen LogP contribution in [0.25, 0.3) is 16.8 Å². The average Bonchev–Trinajstić information content (AvgIpc) is 3.67. The summed E-state index contributed by atoms with van der Waals surface area (Å²) in [6.07, 6.45) is -4.03. The number of nitrogens with zero attached hydrogens (tertiary/aromatic N) is 5. The van der Waals surface area contributed by atoms with Crippen molar-refractivity contribution >= 4 is 11.6 Å². The van der Waals surface area contributed by atoms with Gasteiger partial charge in [0.25, 0.3) is 5.92 Å². The number of amides is 1. The lowest BCUT2D eigenvalue weighted by atomic mass is 9.94. The SMILES string of the molecule is C[C@@H]1c2c(C(F)(F)F)nn(CC(=O)N[C@@H](Cc3cc(F)cc(F)c3)c3nc(C#CC(C)(C)O)ccc3-c3ccc4n[nH]c(=O)n4c3)c2C(F)(F)[C@@H]1C. The van der Waals surface area contributed by atoms with E-state index in [1.165, 1.54) is 49.6 Å². The molecule has 5 aromatic rings. The number of nitrogens with one attached hydrogen (secondary N) is 2. The van der Waals surface area contributed by atoms with E-state index in [2.05, 4.69) is 37.4 Å². The van der Waals surface area contributed by atoms with Gasteiger partial charge in [-0.2, -0.15) is 32.1 Å². The van der Waals surface area contributed by atoms with Gasteiger partial charge < -0.3 is 10.4 Å². The van der Waals surface area contributed by atoms with E-state index in [-0.39, 0.29) is 34.6 Å². The van der Waals surface area contributed by atoms with E-state index in [9.17, 15) is 36.6 Å². The minimum absolute atomic E-state index is 0.0192. The summed E-state index contributed by atoms with van der Waals surface area (Å²) in [4.78, 5) is 30.7. The second-order valence-electron chi connectivity index (χ2n) is 13.2. The number of aliphatic hydroxyl groups is 1. The van der Waals surface area contributed by atoms with E-state index in [0.717, 1.165) is 19.1 Å². The van der Waals surface area contributed by atoms with Crippen LogP contribution < -0.4 is 11.0 Å². The zero-order valence-corrected chi connectivity index (χ0v) is 27.9. The topological polar surface area (TPSA) is 130 Å². The Balaban J connectivity index is 1.48. The molecule has 0 aliphatic heterocycles. The van der Waals surface area contributed by atoms with Crippen molar-refractivity contribution in [3.63, 3.8) is 0 Å². The third kappa shape index (κ3) is 7.02. The number of rotatable bonds is 7. The number of hydrogen-bond donors (Lipinski definition) is 3. The van der Waals surface area contributed by atoms with Crippen LogP contribution in [0.15, 0.2) is 53.5 Å². The molecule has 0 radical (unpaired) electrons. The molecule has 1 aliphatic carbocycles. The van der Waals surface area contributed by atoms with Crippen molar-refractivity contribution in [2.75, 3.05) is 0 Å². The molecule has 4 heterocycles. The van der Waals surface area contributed by atoms with E-state index in [0.29, 0.717) is 16.3 Å². The quantitative estimate of drug-likeness (QED) is 0.147. The van der Waals surface area contributed by atoms with Gasteiger partial charge in [-0.1, -0.05) is 19.8 Å². The molecule has 0 saturated carbocycles. The molecule has 0 fully saturated rings. The molecule has 3 atom stereocenters. The monoisotopic (exact) mass is 729 g/mol. The van der Waals surface area contributed by atoms with Crippen LogP contribution in [0.5, 0.6) is 0 Å². The average molecular weight is 730 g/mol. The summed E-state index contributed by atoms with van der Waals surface area (Å²) in [5.41, 5.74) is -4.25. The Hall–Kier alpha value is -5.50. The highest BCUT2D eigenvalue weighted by Gasteiger charge is 2.57. The Morgan fingerprint density at radius 1 is 1.10 bits per heavy atom. The Labute approximate surface area is 290 Å². The number of H-pyrrole nitrogens is 1. The third-order valence-corrected chi connectivity index (χ3v) is 8.82. The van der Waals surface area contributed by atoms with Gasteiger partial charge in [0, 0.05) is 34.9 Å². The van der Waals surface area contributed by atoms with Crippen LogP contribution in [0, 0.1) is 29.4 Å². The second kappa shape index (κ2) is 12.9. The van der Waals surface area contributed by atoms with Gasteiger partial charge in [-0.05, 0) is 74.1 Å². The molecule has 1 amide bonds. The van der Waals surface area contributed by atoms with Crippen molar-refractivity contribution in [2.24, 2.45) is 5.92 Å². The first kappa shape index (κ1) is 36.3. The summed E-state index contributed by atoms with van der Waals surface area (Å²) in [5, 5.41) is 22.4. The smallest absolute Gasteiger partial charge is 0.378 e. The number of fused-ring (bicyclic) bond motifs is 2. The van der Waals surface area contributed by atoms with Crippen molar-refractivity contribution < 1.29 is 40.6 Å². The lowest BCUT2D eigenvalue weighted by molar-refractivity contribution is -0.143. The van der Waals surface area contributed by atoms with Crippen LogP contribution in [-0.4, -0.2) is 46.0 Å². The highest BCUT2D eigenvalue weighted by Crippen LogP contribution is 2.55. The van der Waals surface area contributed by atoms with E-state index >= 15 is 8.78 Å². The number of hydrogen-bond acceptors (Lipinski definition) is 6. The molecule has 1 aromatic carbocycles. The minimum atomic E-state index is -5.09. The van der Waals surface area contributed by atoms with Gasteiger partial charge in [-0.15, -0.1) is 0 Å².